The first-order chi connectivity index (χ1) is 7.43. The van der Waals surface area contributed by atoms with E-state index in [1.54, 1.807) is 7.05 Å². The molecule has 5 nitrogen and oxygen atoms in total. The summed E-state index contributed by atoms with van der Waals surface area (Å²) in [5.41, 5.74) is 0.0401. The van der Waals surface area contributed by atoms with Crippen molar-refractivity contribution in [2.75, 3.05) is 34.8 Å². The lowest BCUT2D eigenvalue weighted by Gasteiger charge is -2.49. The van der Waals surface area contributed by atoms with Gasteiger partial charge < -0.3 is 14.5 Å². The van der Waals surface area contributed by atoms with E-state index in [-0.39, 0.29) is 5.54 Å². The van der Waals surface area contributed by atoms with Gasteiger partial charge in [0.15, 0.2) is 0 Å². The fourth-order valence-electron chi connectivity index (χ4n) is 2.09. The van der Waals surface area contributed by atoms with Gasteiger partial charge in [0.2, 0.25) is 0 Å². The summed E-state index contributed by atoms with van der Waals surface area (Å²) in [7, 11) is 6.88. The number of hydrogen-bond acceptors (Lipinski definition) is 4. The number of hydrogen-bond donors (Lipinski definition) is 0. The van der Waals surface area contributed by atoms with E-state index in [1.807, 2.05) is 14.1 Å². The summed E-state index contributed by atoms with van der Waals surface area (Å²) in [5, 5.41) is 0. The van der Waals surface area contributed by atoms with E-state index >= 15 is 0 Å². The van der Waals surface area contributed by atoms with E-state index in [2.05, 4.69) is 9.64 Å². The van der Waals surface area contributed by atoms with Crippen LogP contribution in [0.3, 0.4) is 0 Å². The molecule has 0 aromatic rings. The van der Waals surface area contributed by atoms with Crippen LogP contribution < -0.4 is 0 Å². The molecule has 0 aliphatic heterocycles. The van der Waals surface area contributed by atoms with Crippen LogP contribution in [0.5, 0.6) is 0 Å². The first-order valence-corrected chi connectivity index (χ1v) is 5.44. The SMILES string of the molecule is COC(=O)C(=O)N(C)CC1(N(C)C)CCC1. The largest absolute Gasteiger partial charge is 0.462 e. The van der Waals surface area contributed by atoms with E-state index in [0.29, 0.717) is 6.54 Å². The second-order valence-electron chi connectivity index (χ2n) is 4.63. The predicted octanol–water partition coefficient (Wildman–Crippen LogP) is 0.102. The molecule has 0 saturated heterocycles. The molecule has 1 aliphatic carbocycles. The van der Waals surface area contributed by atoms with Crippen LogP contribution in [0.2, 0.25) is 0 Å². The van der Waals surface area contributed by atoms with Crippen molar-refractivity contribution < 1.29 is 14.3 Å². The van der Waals surface area contributed by atoms with Gasteiger partial charge >= 0.3 is 11.9 Å². The van der Waals surface area contributed by atoms with Gasteiger partial charge in [0.1, 0.15) is 0 Å². The first kappa shape index (κ1) is 13.0. The van der Waals surface area contributed by atoms with Crippen molar-refractivity contribution in [3.63, 3.8) is 0 Å². The standard InChI is InChI=1S/C11H20N2O3/c1-12(2)11(6-5-7-11)8-13(3)9(14)10(15)16-4/h5-8H2,1-4H3. The van der Waals surface area contributed by atoms with Gasteiger partial charge in [-0.3, -0.25) is 4.79 Å². The molecule has 1 aliphatic rings. The molecule has 1 rings (SSSR count). The number of carbonyl (C=O) groups excluding carboxylic acids is 2. The molecule has 0 heterocycles. The Labute approximate surface area is 96.3 Å². The fraction of sp³-hybridized carbons (Fsp3) is 0.818. The lowest BCUT2D eigenvalue weighted by Crippen LogP contribution is -2.58. The van der Waals surface area contributed by atoms with Crippen LogP contribution in [0.4, 0.5) is 0 Å². The molecule has 0 aromatic heterocycles. The summed E-state index contributed by atoms with van der Waals surface area (Å²) in [6, 6.07) is 0. The van der Waals surface area contributed by atoms with E-state index in [4.69, 9.17) is 0 Å². The van der Waals surface area contributed by atoms with Gasteiger partial charge in [-0.15, -0.1) is 0 Å². The maximum atomic E-state index is 11.5. The van der Waals surface area contributed by atoms with Gasteiger partial charge in [-0.05, 0) is 33.4 Å². The average Bonchev–Trinajstić information content (AvgIpc) is 2.20. The van der Waals surface area contributed by atoms with Crippen molar-refractivity contribution in [1.82, 2.24) is 9.80 Å². The van der Waals surface area contributed by atoms with Crippen molar-refractivity contribution in [1.29, 1.82) is 0 Å². The zero-order valence-corrected chi connectivity index (χ0v) is 10.4. The molecule has 92 valence electrons. The number of rotatable bonds is 3. The highest BCUT2D eigenvalue weighted by Gasteiger charge is 2.41. The molecule has 16 heavy (non-hydrogen) atoms. The molecule has 0 aromatic carbocycles. The van der Waals surface area contributed by atoms with Crippen LogP contribution in [0, 0.1) is 0 Å². The van der Waals surface area contributed by atoms with E-state index < -0.39 is 11.9 Å². The van der Waals surface area contributed by atoms with Gasteiger partial charge in [0.25, 0.3) is 0 Å². The minimum absolute atomic E-state index is 0.0401. The average molecular weight is 228 g/mol. The summed E-state index contributed by atoms with van der Waals surface area (Å²) >= 11 is 0. The quantitative estimate of drug-likeness (QED) is 0.508. The highest BCUT2D eigenvalue weighted by atomic mass is 16.5. The zero-order valence-electron chi connectivity index (χ0n) is 10.4. The van der Waals surface area contributed by atoms with Crippen molar-refractivity contribution in [3.8, 4) is 0 Å². The summed E-state index contributed by atoms with van der Waals surface area (Å²) in [5.74, 6) is -1.37. The molecule has 1 amide bonds. The summed E-state index contributed by atoms with van der Waals surface area (Å²) < 4.78 is 4.42. The van der Waals surface area contributed by atoms with E-state index in [9.17, 15) is 9.59 Å². The smallest absolute Gasteiger partial charge is 0.396 e. The molecular weight excluding hydrogens is 208 g/mol. The van der Waals surface area contributed by atoms with Crippen molar-refractivity contribution in [2.45, 2.75) is 24.8 Å². The molecule has 0 atom stereocenters. The minimum Gasteiger partial charge on any atom is -0.462 e. The van der Waals surface area contributed by atoms with Crippen molar-refractivity contribution in [3.05, 3.63) is 0 Å². The maximum Gasteiger partial charge on any atom is 0.396 e. The summed E-state index contributed by atoms with van der Waals surface area (Å²) in [4.78, 5) is 26.2. The third-order valence-corrected chi connectivity index (χ3v) is 3.47. The van der Waals surface area contributed by atoms with Gasteiger partial charge in [-0.25, -0.2) is 4.79 Å². The van der Waals surface area contributed by atoms with E-state index in [1.165, 1.54) is 18.4 Å². The normalized spacial score (nSPS) is 17.8. The Hall–Kier alpha value is -1.10. The van der Waals surface area contributed by atoms with Crippen LogP contribution in [0.1, 0.15) is 19.3 Å². The molecule has 0 radical (unpaired) electrons. The Morgan fingerprint density at radius 1 is 1.25 bits per heavy atom. The number of methoxy groups -OCH3 is 1. The topological polar surface area (TPSA) is 49.9 Å². The van der Waals surface area contributed by atoms with Crippen LogP contribution in [0.15, 0.2) is 0 Å². The van der Waals surface area contributed by atoms with Crippen LogP contribution in [-0.2, 0) is 14.3 Å². The second-order valence-corrected chi connectivity index (χ2v) is 4.63. The van der Waals surface area contributed by atoms with Crippen LogP contribution in [-0.4, -0.2) is 62.0 Å². The Morgan fingerprint density at radius 2 is 1.81 bits per heavy atom. The molecule has 0 unspecified atom stereocenters. The monoisotopic (exact) mass is 228 g/mol. The second kappa shape index (κ2) is 4.82. The van der Waals surface area contributed by atoms with Crippen LogP contribution in [0.25, 0.3) is 0 Å². The molecule has 0 N–H and O–H groups in total. The Balaban J connectivity index is 2.59. The Bertz CT molecular complexity index is 285. The summed E-state index contributed by atoms with van der Waals surface area (Å²) in [6.45, 7) is 0.577. The predicted molar refractivity (Wildman–Crippen MR) is 59.9 cm³/mol. The number of amides is 1. The minimum atomic E-state index is -0.796. The highest BCUT2D eigenvalue weighted by molar-refractivity contribution is 6.32. The van der Waals surface area contributed by atoms with Gasteiger partial charge in [-0.1, -0.05) is 0 Å². The molecular formula is C11H20N2O3. The number of ether oxygens (including phenoxy) is 1. The Morgan fingerprint density at radius 3 is 2.12 bits per heavy atom. The molecule has 0 spiro atoms. The summed E-state index contributed by atoms with van der Waals surface area (Å²) in [6.07, 6.45) is 3.32. The van der Waals surface area contributed by atoms with Gasteiger partial charge in [0.05, 0.1) is 7.11 Å². The van der Waals surface area contributed by atoms with Crippen LogP contribution >= 0.6 is 0 Å². The number of likely N-dealkylation sites (N-methyl/N-ethyl adjacent to an activating group) is 2. The van der Waals surface area contributed by atoms with E-state index in [0.717, 1.165) is 12.8 Å². The third-order valence-electron chi connectivity index (χ3n) is 3.47. The number of carbonyl (C=O) groups is 2. The lowest BCUT2D eigenvalue weighted by atomic mass is 9.75. The number of esters is 1. The first-order valence-electron chi connectivity index (χ1n) is 5.44. The van der Waals surface area contributed by atoms with Crippen molar-refractivity contribution >= 4 is 11.9 Å². The molecule has 1 fully saturated rings. The Kier molecular flexibility index (Phi) is 3.91. The molecule has 0 bridgehead atoms. The van der Waals surface area contributed by atoms with Crippen molar-refractivity contribution in [2.24, 2.45) is 0 Å². The van der Waals surface area contributed by atoms with Gasteiger partial charge in [-0.2, -0.15) is 0 Å². The lowest BCUT2D eigenvalue weighted by molar-refractivity contribution is -0.158. The maximum absolute atomic E-state index is 11.5. The highest BCUT2D eigenvalue weighted by Crippen LogP contribution is 2.36. The molecule has 1 saturated carbocycles. The fourth-order valence-corrected chi connectivity index (χ4v) is 2.09. The zero-order chi connectivity index (χ0) is 12.3. The van der Waals surface area contributed by atoms with Gasteiger partial charge in [0, 0.05) is 19.1 Å². The molecule has 5 heteroatoms. The third kappa shape index (κ3) is 2.35. The number of nitrogens with zero attached hydrogens (tertiary/aromatic N) is 2.